The quantitative estimate of drug-likeness (QED) is 0.0777. The molecule has 3 aromatic carbocycles. The van der Waals surface area contributed by atoms with Crippen LogP contribution in [0.25, 0.3) is 16.6 Å². The van der Waals surface area contributed by atoms with Gasteiger partial charge >= 0.3 is 0 Å². The van der Waals surface area contributed by atoms with Gasteiger partial charge in [0.05, 0.1) is 40.8 Å². The lowest BCUT2D eigenvalue weighted by Crippen LogP contribution is -2.48. The molecule has 1 atom stereocenters. The van der Waals surface area contributed by atoms with Crippen molar-refractivity contribution in [3.8, 4) is 11.5 Å². The number of sulfonamides is 1. The van der Waals surface area contributed by atoms with Crippen molar-refractivity contribution in [1.82, 2.24) is 24.5 Å². The number of piperazine rings is 1. The first kappa shape index (κ1) is 42.8. The molecule has 3 N–H and O–H groups in total. The molecule has 5 heterocycles. The van der Waals surface area contributed by atoms with Crippen LogP contribution in [-0.2, 0) is 14.8 Å². The number of nitrogens with one attached hydrogen (secondary N) is 3. The highest BCUT2D eigenvalue weighted by molar-refractivity contribution is 7.90. The van der Waals surface area contributed by atoms with Gasteiger partial charge in [-0.3, -0.25) is 24.7 Å². The number of rotatable bonds is 13. The number of aromatic amines is 1. The number of nitro benzene ring substituents is 1. The molecule has 17 heteroatoms. The fourth-order valence-electron chi connectivity index (χ4n) is 9.06. The molecule has 1 aliphatic carbocycles. The number of H-pyrrole nitrogens is 1. The number of carbonyl (C=O) groups excluding carboxylic acids is 1. The van der Waals surface area contributed by atoms with Crippen LogP contribution in [0.4, 0.5) is 17.1 Å². The summed E-state index contributed by atoms with van der Waals surface area (Å²) in [6, 6.07) is 20.8. The van der Waals surface area contributed by atoms with Gasteiger partial charge in [-0.1, -0.05) is 43.2 Å². The van der Waals surface area contributed by atoms with Crippen molar-refractivity contribution in [3.05, 3.63) is 117 Å². The van der Waals surface area contributed by atoms with E-state index in [1.165, 1.54) is 35.0 Å². The van der Waals surface area contributed by atoms with E-state index in [9.17, 15) is 23.3 Å². The molecule has 0 saturated carbocycles. The van der Waals surface area contributed by atoms with Gasteiger partial charge in [0.1, 0.15) is 22.8 Å². The van der Waals surface area contributed by atoms with Crippen LogP contribution in [0.15, 0.2) is 95.7 Å². The molecule has 4 aliphatic rings. The van der Waals surface area contributed by atoms with E-state index in [1.807, 2.05) is 18.2 Å². The highest BCUT2D eigenvalue weighted by Crippen LogP contribution is 2.43. The maximum atomic E-state index is 14.0. The number of benzene rings is 3. The summed E-state index contributed by atoms with van der Waals surface area (Å²) in [5.74, 6) is -0.466. The monoisotopic (exact) mass is 894 g/mol. The fourth-order valence-corrected chi connectivity index (χ4v) is 10.2. The van der Waals surface area contributed by atoms with Gasteiger partial charge in [0, 0.05) is 86.3 Å². The van der Waals surface area contributed by atoms with Crippen molar-refractivity contribution in [2.45, 2.75) is 56.5 Å². The second-order valence-electron chi connectivity index (χ2n) is 17.7. The number of allylic oxidation sites excluding steroid dienone is 1. The molecule has 0 bridgehead atoms. The molecule has 0 unspecified atom stereocenters. The van der Waals surface area contributed by atoms with Crippen molar-refractivity contribution in [3.63, 3.8) is 0 Å². The maximum Gasteiger partial charge on any atom is 0.293 e. The lowest BCUT2D eigenvalue weighted by Gasteiger charge is -2.39. The number of aromatic nitrogens is 2. The van der Waals surface area contributed by atoms with Gasteiger partial charge in [-0.05, 0) is 90.8 Å². The average molecular weight is 895 g/mol. The third kappa shape index (κ3) is 9.55. The SMILES string of the molecule is CC1(C)CCC(CN2CCN(c3ccc(C(=O)NS(=O)(=O)c4ccc(N[C@H]5CCN(C6COC6)C5)c([N+](=O)[O-])c4)c(Oc4cnc5[nH]ccc5c4)c3)CC2)=C(c2ccc(Cl)cc2)C1. The van der Waals surface area contributed by atoms with Gasteiger partial charge in [0.2, 0.25) is 0 Å². The van der Waals surface area contributed by atoms with E-state index in [1.54, 1.807) is 30.5 Å². The van der Waals surface area contributed by atoms with Gasteiger partial charge in [-0.25, -0.2) is 18.1 Å². The summed E-state index contributed by atoms with van der Waals surface area (Å²) in [4.78, 5) is 39.6. The molecule has 3 aliphatic heterocycles. The van der Waals surface area contributed by atoms with Crippen molar-refractivity contribution < 1.29 is 27.6 Å². The Hall–Kier alpha value is -5.52. The summed E-state index contributed by atoms with van der Waals surface area (Å²) in [5, 5.41) is 17.0. The predicted octanol–water partition coefficient (Wildman–Crippen LogP) is 7.71. The van der Waals surface area contributed by atoms with Crippen molar-refractivity contribution in [2.24, 2.45) is 5.41 Å². The van der Waals surface area contributed by atoms with Crippen LogP contribution in [0.1, 0.15) is 55.5 Å². The number of halogens is 1. The van der Waals surface area contributed by atoms with Gasteiger partial charge in [-0.15, -0.1) is 0 Å². The van der Waals surface area contributed by atoms with E-state index in [4.69, 9.17) is 21.1 Å². The first-order chi connectivity index (χ1) is 30.3. The maximum absolute atomic E-state index is 14.0. The lowest BCUT2D eigenvalue weighted by molar-refractivity contribution is -0.384. The number of pyridine rings is 1. The summed E-state index contributed by atoms with van der Waals surface area (Å²) in [6.45, 7) is 11.5. The number of likely N-dealkylation sites (tertiary alicyclic amines) is 1. The second kappa shape index (κ2) is 17.6. The summed E-state index contributed by atoms with van der Waals surface area (Å²) in [6.07, 6.45) is 7.27. The molecular formula is C46H51ClN8O7S. The van der Waals surface area contributed by atoms with Crippen molar-refractivity contribution in [1.29, 1.82) is 0 Å². The average Bonchev–Trinajstić information content (AvgIpc) is 3.90. The Morgan fingerprint density at radius 1 is 1.03 bits per heavy atom. The van der Waals surface area contributed by atoms with Crippen LogP contribution in [-0.4, -0.2) is 110 Å². The zero-order chi connectivity index (χ0) is 43.9. The minimum Gasteiger partial charge on any atom is -0.455 e. The highest BCUT2D eigenvalue weighted by atomic mass is 35.5. The molecular weight excluding hydrogens is 844 g/mol. The molecule has 2 aromatic heterocycles. The number of fused-ring (bicyclic) bond motifs is 1. The molecule has 9 rings (SSSR count). The van der Waals surface area contributed by atoms with Gasteiger partial charge in [0.25, 0.3) is 21.6 Å². The molecule has 0 radical (unpaired) electrons. The molecule has 15 nitrogen and oxygen atoms in total. The Morgan fingerprint density at radius 3 is 2.57 bits per heavy atom. The normalized spacial score (nSPS) is 19.9. The third-order valence-corrected chi connectivity index (χ3v) is 14.3. The molecule has 0 spiro atoms. The van der Waals surface area contributed by atoms with E-state index >= 15 is 0 Å². The Bertz CT molecular complexity index is 2680. The zero-order valence-corrected chi connectivity index (χ0v) is 36.9. The van der Waals surface area contributed by atoms with E-state index in [0.29, 0.717) is 37.2 Å². The van der Waals surface area contributed by atoms with Crippen molar-refractivity contribution >= 4 is 61.2 Å². The Morgan fingerprint density at radius 2 is 1.83 bits per heavy atom. The smallest absolute Gasteiger partial charge is 0.293 e. The Kier molecular flexibility index (Phi) is 11.9. The van der Waals surface area contributed by atoms with Crippen LogP contribution in [0.3, 0.4) is 0 Å². The molecule has 5 aromatic rings. The number of amides is 1. The summed E-state index contributed by atoms with van der Waals surface area (Å²) >= 11 is 6.24. The Labute approximate surface area is 371 Å². The number of nitro groups is 1. The minimum atomic E-state index is -4.57. The molecule has 1 amide bonds. The first-order valence-electron chi connectivity index (χ1n) is 21.4. The first-order valence-corrected chi connectivity index (χ1v) is 23.3. The van der Waals surface area contributed by atoms with Crippen LogP contribution < -0.4 is 19.7 Å². The fraction of sp³-hybridized carbons (Fsp3) is 0.391. The minimum absolute atomic E-state index is 0.0348. The van der Waals surface area contributed by atoms with Gasteiger partial charge in [-0.2, -0.15) is 0 Å². The standard InChI is InChI=1S/C46H51ClN8O7S/c1-46(2)14-11-32(40(24-46)30-3-5-33(47)6-4-30)26-52-17-19-53(20-18-52)35-7-9-39(43(22-35)62-37-21-31-12-15-48-44(31)49-25-37)45(56)51-63(59,60)38-8-10-41(42(23-38)55(57)58)50-34-13-16-54(27-34)36-28-61-29-36/h3-10,12,15,21-23,25,34,36,50H,11,13-14,16-20,24,26-29H2,1-2H3,(H,48,49)(H,51,56)/t34-/m0/s1. The number of hydrogen-bond donors (Lipinski definition) is 3. The predicted molar refractivity (Wildman–Crippen MR) is 243 cm³/mol. The molecule has 63 heavy (non-hydrogen) atoms. The summed E-state index contributed by atoms with van der Waals surface area (Å²) in [7, 11) is -4.57. The van der Waals surface area contributed by atoms with E-state index < -0.39 is 31.4 Å². The topological polar surface area (TPSA) is 175 Å². The molecule has 3 fully saturated rings. The number of anilines is 2. The van der Waals surface area contributed by atoms with Gasteiger partial charge in [0.15, 0.2) is 0 Å². The second-order valence-corrected chi connectivity index (χ2v) is 19.9. The number of nitrogens with zero attached hydrogens (tertiary/aromatic N) is 5. The number of carbonyl (C=O) groups is 1. The molecule has 330 valence electrons. The lowest BCUT2D eigenvalue weighted by atomic mass is 9.72. The number of ether oxygens (including phenoxy) is 2. The van der Waals surface area contributed by atoms with Crippen LogP contribution >= 0.6 is 11.6 Å². The highest BCUT2D eigenvalue weighted by Gasteiger charge is 2.34. The largest absolute Gasteiger partial charge is 0.455 e. The van der Waals surface area contributed by atoms with E-state index in [2.05, 4.69) is 60.7 Å². The van der Waals surface area contributed by atoms with Crippen LogP contribution in [0.2, 0.25) is 5.02 Å². The zero-order valence-electron chi connectivity index (χ0n) is 35.3. The number of hydrogen-bond acceptors (Lipinski definition) is 12. The third-order valence-electron chi connectivity index (χ3n) is 12.8. The summed E-state index contributed by atoms with van der Waals surface area (Å²) < 4.78 is 41.3. The molecule has 3 saturated heterocycles. The van der Waals surface area contributed by atoms with E-state index in [-0.39, 0.29) is 28.5 Å². The van der Waals surface area contributed by atoms with Crippen LogP contribution in [0, 0.1) is 15.5 Å². The van der Waals surface area contributed by atoms with Crippen molar-refractivity contribution in [2.75, 3.05) is 69.2 Å². The Balaban J connectivity index is 0.923. The van der Waals surface area contributed by atoms with E-state index in [0.717, 1.165) is 87.1 Å². The van der Waals surface area contributed by atoms with Gasteiger partial charge < -0.3 is 24.7 Å². The summed E-state index contributed by atoms with van der Waals surface area (Å²) in [5.41, 5.74) is 5.58. The van der Waals surface area contributed by atoms with Crippen LogP contribution in [0.5, 0.6) is 11.5 Å².